The normalized spacial score (nSPS) is 8.56. The summed E-state index contributed by atoms with van der Waals surface area (Å²) in [6.45, 7) is 10.2. The Hall–Kier alpha value is -1.51. The van der Waals surface area contributed by atoms with Gasteiger partial charge in [0.15, 0.2) is 5.65 Å². The van der Waals surface area contributed by atoms with Gasteiger partial charge in [-0.3, -0.25) is 4.98 Å². The molecule has 0 N–H and O–H groups in total. The lowest BCUT2D eigenvalue weighted by Gasteiger charge is -1.94. The zero-order chi connectivity index (χ0) is 12.4. The van der Waals surface area contributed by atoms with Crippen molar-refractivity contribution in [1.82, 2.24) is 15.0 Å². The molecule has 2 aromatic rings. The molecule has 0 bridgehead atoms. The molecule has 0 aliphatic carbocycles. The highest BCUT2D eigenvalue weighted by atomic mass is 14.9. The second-order valence-electron chi connectivity index (χ2n) is 3.06. The van der Waals surface area contributed by atoms with Gasteiger partial charge in [0.25, 0.3) is 0 Å². The van der Waals surface area contributed by atoms with Crippen LogP contribution in [0.2, 0.25) is 0 Å². The molecule has 2 aromatic heterocycles. The Morgan fingerprint density at radius 3 is 2.38 bits per heavy atom. The second-order valence-corrected chi connectivity index (χ2v) is 3.06. The minimum atomic E-state index is 0.715. The van der Waals surface area contributed by atoms with Gasteiger partial charge in [-0.1, -0.05) is 34.1 Å². The molecular formula is C13H21N3. The van der Waals surface area contributed by atoms with Gasteiger partial charge < -0.3 is 0 Å². The van der Waals surface area contributed by atoms with E-state index in [0.717, 1.165) is 11.2 Å². The number of rotatable bonds is 0. The molecule has 3 nitrogen and oxygen atoms in total. The van der Waals surface area contributed by atoms with Gasteiger partial charge >= 0.3 is 0 Å². The summed E-state index contributed by atoms with van der Waals surface area (Å²) in [5.41, 5.74) is 2.46. The lowest BCUT2D eigenvalue weighted by Crippen LogP contribution is -1.88. The maximum absolute atomic E-state index is 4.20. The highest BCUT2D eigenvalue weighted by Gasteiger charge is 1.94. The molecule has 3 heteroatoms. The molecule has 0 spiro atoms. The van der Waals surface area contributed by atoms with E-state index in [4.69, 9.17) is 0 Å². The third-order valence-electron chi connectivity index (χ3n) is 1.44. The topological polar surface area (TPSA) is 38.7 Å². The molecule has 0 saturated heterocycles. The summed E-state index contributed by atoms with van der Waals surface area (Å²) in [4.78, 5) is 12.4. The molecule has 0 amide bonds. The second kappa shape index (κ2) is 8.77. The van der Waals surface area contributed by atoms with Crippen molar-refractivity contribution in [3.05, 3.63) is 30.2 Å². The number of pyridine rings is 1. The van der Waals surface area contributed by atoms with E-state index in [1.165, 1.54) is 6.42 Å². The fraction of sp³-hybridized carbons (Fsp3) is 0.462. The lowest BCUT2D eigenvalue weighted by molar-refractivity contribution is 1.09. The van der Waals surface area contributed by atoms with E-state index in [-0.39, 0.29) is 0 Å². The van der Waals surface area contributed by atoms with Crippen LogP contribution in [-0.4, -0.2) is 15.0 Å². The van der Waals surface area contributed by atoms with Crippen LogP contribution in [0.15, 0.2) is 24.5 Å². The molecule has 88 valence electrons. The molecule has 0 radical (unpaired) electrons. The van der Waals surface area contributed by atoms with Gasteiger partial charge in [-0.25, -0.2) is 9.97 Å². The molecule has 0 atom stereocenters. The summed E-state index contributed by atoms with van der Waals surface area (Å²) in [5.74, 6) is 0. The predicted molar refractivity (Wildman–Crippen MR) is 69.4 cm³/mol. The molecule has 0 fully saturated rings. The summed E-state index contributed by atoms with van der Waals surface area (Å²) < 4.78 is 0. The smallest absolute Gasteiger partial charge is 0.178 e. The summed E-state index contributed by atoms with van der Waals surface area (Å²) in [5, 5.41) is 0. The molecule has 2 heterocycles. The number of aromatic nitrogens is 3. The third-order valence-corrected chi connectivity index (χ3v) is 1.44. The van der Waals surface area contributed by atoms with Crippen molar-refractivity contribution in [3.8, 4) is 0 Å². The fourth-order valence-corrected chi connectivity index (χ4v) is 0.934. The number of nitrogens with zero attached hydrogens (tertiary/aromatic N) is 3. The Kier molecular flexibility index (Phi) is 7.94. The molecule has 0 unspecified atom stereocenters. The number of hydrogen-bond acceptors (Lipinski definition) is 3. The van der Waals surface area contributed by atoms with Crippen molar-refractivity contribution >= 4 is 11.2 Å². The fourth-order valence-electron chi connectivity index (χ4n) is 0.934. The van der Waals surface area contributed by atoms with Crippen LogP contribution in [0.25, 0.3) is 11.2 Å². The third kappa shape index (κ3) is 4.82. The summed E-state index contributed by atoms with van der Waals surface area (Å²) in [6, 6.07) is 3.75. The first-order valence-corrected chi connectivity index (χ1v) is 5.82. The van der Waals surface area contributed by atoms with Crippen LogP contribution in [0.1, 0.15) is 39.8 Å². The first kappa shape index (κ1) is 14.5. The van der Waals surface area contributed by atoms with Gasteiger partial charge in [-0.2, -0.15) is 0 Å². The van der Waals surface area contributed by atoms with Gasteiger partial charge in [0, 0.05) is 12.4 Å². The Morgan fingerprint density at radius 2 is 1.75 bits per heavy atom. The zero-order valence-corrected chi connectivity index (χ0v) is 10.9. The Labute approximate surface area is 98.0 Å². The lowest BCUT2D eigenvalue weighted by atomic mass is 10.4. The van der Waals surface area contributed by atoms with E-state index in [0.29, 0.717) is 5.65 Å². The van der Waals surface area contributed by atoms with Crippen LogP contribution in [0.4, 0.5) is 0 Å². The summed E-state index contributed by atoms with van der Waals surface area (Å²) >= 11 is 0. The van der Waals surface area contributed by atoms with Crippen molar-refractivity contribution in [3.63, 3.8) is 0 Å². The Bertz CT molecular complexity index is 399. The molecule has 0 saturated carbocycles. The van der Waals surface area contributed by atoms with Crippen LogP contribution in [0.5, 0.6) is 0 Å². The van der Waals surface area contributed by atoms with E-state index in [2.05, 4.69) is 28.8 Å². The van der Waals surface area contributed by atoms with Gasteiger partial charge in [-0.05, 0) is 19.1 Å². The van der Waals surface area contributed by atoms with Gasteiger partial charge in [-0.15, -0.1) is 0 Å². The van der Waals surface area contributed by atoms with E-state index in [1.807, 2.05) is 32.9 Å². The molecule has 16 heavy (non-hydrogen) atoms. The quantitative estimate of drug-likeness (QED) is 0.677. The van der Waals surface area contributed by atoms with E-state index < -0.39 is 0 Å². The molecular weight excluding hydrogens is 198 g/mol. The summed E-state index contributed by atoms with van der Waals surface area (Å²) in [7, 11) is 0. The average Bonchev–Trinajstić information content (AvgIpc) is 2.32. The van der Waals surface area contributed by atoms with E-state index >= 15 is 0 Å². The average molecular weight is 219 g/mol. The van der Waals surface area contributed by atoms with Crippen molar-refractivity contribution in [2.75, 3.05) is 0 Å². The first-order valence-electron chi connectivity index (χ1n) is 5.82. The van der Waals surface area contributed by atoms with Crippen molar-refractivity contribution in [1.29, 1.82) is 0 Å². The van der Waals surface area contributed by atoms with Crippen molar-refractivity contribution < 1.29 is 0 Å². The van der Waals surface area contributed by atoms with Crippen LogP contribution in [-0.2, 0) is 0 Å². The first-order chi connectivity index (χ1) is 7.77. The van der Waals surface area contributed by atoms with Crippen LogP contribution in [0.3, 0.4) is 0 Å². The predicted octanol–water partition coefficient (Wildman–Crippen LogP) is 3.78. The van der Waals surface area contributed by atoms with E-state index in [9.17, 15) is 0 Å². The molecule has 0 aliphatic heterocycles. The standard InChI is InChI=1S/C8H7N3.C3H8.C2H6/c1-6-5-10-7-3-2-4-9-8(7)11-6;1-3-2;1-2/h2-5H,1H3;3H2,1-2H3;1-2H3. The number of hydrogen-bond donors (Lipinski definition) is 0. The zero-order valence-electron chi connectivity index (χ0n) is 10.9. The Balaban J connectivity index is 0.000000394. The maximum Gasteiger partial charge on any atom is 0.178 e. The highest BCUT2D eigenvalue weighted by Crippen LogP contribution is 2.03. The number of aryl methyl sites for hydroxylation is 1. The highest BCUT2D eigenvalue weighted by molar-refractivity contribution is 5.68. The van der Waals surface area contributed by atoms with E-state index in [1.54, 1.807) is 12.4 Å². The van der Waals surface area contributed by atoms with Crippen molar-refractivity contribution in [2.24, 2.45) is 0 Å². The summed E-state index contributed by atoms with van der Waals surface area (Å²) in [6.07, 6.45) is 4.71. The molecule has 0 aliphatic rings. The monoisotopic (exact) mass is 219 g/mol. The largest absolute Gasteiger partial charge is 0.251 e. The molecule has 0 aromatic carbocycles. The van der Waals surface area contributed by atoms with Gasteiger partial charge in [0.2, 0.25) is 0 Å². The van der Waals surface area contributed by atoms with Crippen LogP contribution >= 0.6 is 0 Å². The minimum Gasteiger partial charge on any atom is -0.251 e. The van der Waals surface area contributed by atoms with Crippen LogP contribution < -0.4 is 0 Å². The van der Waals surface area contributed by atoms with Gasteiger partial charge in [0.05, 0.1) is 5.69 Å². The number of fused-ring (bicyclic) bond motifs is 1. The minimum absolute atomic E-state index is 0.715. The van der Waals surface area contributed by atoms with Crippen molar-refractivity contribution in [2.45, 2.75) is 41.0 Å². The Morgan fingerprint density at radius 1 is 1.12 bits per heavy atom. The van der Waals surface area contributed by atoms with Gasteiger partial charge in [0.1, 0.15) is 5.52 Å². The SMILES string of the molecule is CC.CCC.Cc1cnc2cccnc2n1. The van der Waals surface area contributed by atoms with Crippen LogP contribution in [0, 0.1) is 6.92 Å². The molecule has 2 rings (SSSR count). The maximum atomic E-state index is 4.20.